The summed E-state index contributed by atoms with van der Waals surface area (Å²) in [4.78, 5) is 22.1. The molecule has 0 radical (unpaired) electrons. The van der Waals surface area contributed by atoms with Crippen molar-refractivity contribution in [3.63, 3.8) is 0 Å². The number of hydrogen-bond acceptors (Lipinski definition) is 3. The molecule has 7 heteroatoms. The third-order valence-electron chi connectivity index (χ3n) is 3.42. The van der Waals surface area contributed by atoms with Crippen molar-refractivity contribution in [3.05, 3.63) is 0 Å². The molecule has 0 spiro atoms. The van der Waals surface area contributed by atoms with Crippen LogP contribution in [0.5, 0.6) is 0 Å². The molecule has 0 bridgehead atoms. The molecule has 0 rings (SSSR count). The molecule has 0 aromatic heterocycles. The van der Waals surface area contributed by atoms with Crippen LogP contribution in [0.4, 0.5) is 4.79 Å². The second-order valence-electron chi connectivity index (χ2n) is 5.32. The minimum atomic E-state index is -0.948. The minimum Gasteiger partial charge on any atom is -0.481 e. The van der Waals surface area contributed by atoms with E-state index in [0.717, 1.165) is 19.3 Å². The predicted molar refractivity (Wildman–Crippen MR) is 84.8 cm³/mol. The maximum Gasteiger partial charge on any atom is 0.314 e. The molecule has 2 amide bonds. The fourth-order valence-corrected chi connectivity index (χ4v) is 2.29. The van der Waals surface area contributed by atoms with Crippen LogP contribution in [-0.2, 0) is 15.6 Å². The molecule has 0 aliphatic heterocycles. The summed E-state index contributed by atoms with van der Waals surface area (Å²) >= 11 is 0. The summed E-state index contributed by atoms with van der Waals surface area (Å²) in [6.07, 6.45) is 5.21. The molecule has 21 heavy (non-hydrogen) atoms. The van der Waals surface area contributed by atoms with Crippen molar-refractivity contribution in [3.8, 4) is 0 Å². The highest BCUT2D eigenvalue weighted by Crippen LogP contribution is 2.17. The first kappa shape index (κ1) is 19.9. The van der Waals surface area contributed by atoms with Crippen LogP contribution in [0.15, 0.2) is 0 Å². The van der Waals surface area contributed by atoms with Crippen molar-refractivity contribution in [2.24, 2.45) is 5.92 Å². The lowest BCUT2D eigenvalue weighted by molar-refractivity contribution is -0.137. The molecular weight excluding hydrogens is 292 g/mol. The molecule has 0 aliphatic rings. The lowest BCUT2D eigenvalue weighted by atomic mass is 9.94. The largest absolute Gasteiger partial charge is 0.481 e. The Morgan fingerprint density at radius 2 is 1.86 bits per heavy atom. The summed E-state index contributed by atoms with van der Waals surface area (Å²) < 4.78 is 11.1. The number of aliphatic carboxylic acids is 1. The van der Waals surface area contributed by atoms with Crippen LogP contribution in [0.25, 0.3) is 0 Å². The van der Waals surface area contributed by atoms with Crippen LogP contribution < -0.4 is 10.6 Å². The first-order valence-corrected chi connectivity index (χ1v) is 9.04. The Kier molecular flexibility index (Phi) is 10.9. The number of carboxylic acid groups (broad SMARTS) is 1. The molecule has 0 fully saturated rings. The van der Waals surface area contributed by atoms with Gasteiger partial charge < -0.3 is 15.7 Å². The van der Waals surface area contributed by atoms with Crippen LogP contribution >= 0.6 is 0 Å². The number of carbonyl (C=O) groups is 2. The second-order valence-corrected chi connectivity index (χ2v) is 7.12. The van der Waals surface area contributed by atoms with Gasteiger partial charge in [0.05, 0.1) is 0 Å². The topological polar surface area (TPSA) is 95.5 Å². The Balaban J connectivity index is 3.88. The van der Waals surface area contributed by atoms with E-state index in [-0.39, 0.29) is 17.7 Å². The van der Waals surface area contributed by atoms with Crippen molar-refractivity contribution in [1.29, 1.82) is 0 Å². The molecule has 6 nitrogen and oxygen atoms in total. The van der Waals surface area contributed by atoms with Crippen molar-refractivity contribution in [2.45, 2.75) is 51.2 Å². The van der Waals surface area contributed by atoms with Gasteiger partial charge in [-0.15, -0.1) is 0 Å². The maximum absolute atomic E-state index is 11.6. The summed E-state index contributed by atoms with van der Waals surface area (Å²) in [5, 5.41) is 14.1. The van der Waals surface area contributed by atoms with Gasteiger partial charge in [-0.05, 0) is 25.7 Å². The smallest absolute Gasteiger partial charge is 0.314 e. The Hall–Kier alpha value is -1.11. The standard InChI is InChI=1S/C14H28N2O4S/c1-4-5-12(6-7-13(17)18)8-9-15-14(19)16-10-11(2)21(3)20/h11-12H,4-10H2,1-3H3,(H,17,18)(H2,15,16,19). The van der Waals surface area contributed by atoms with Crippen LogP contribution in [0.2, 0.25) is 0 Å². The maximum atomic E-state index is 11.6. The summed E-state index contributed by atoms with van der Waals surface area (Å²) in [7, 11) is -0.948. The first-order valence-electron chi connectivity index (χ1n) is 7.42. The zero-order valence-electron chi connectivity index (χ0n) is 13.2. The van der Waals surface area contributed by atoms with E-state index in [0.29, 0.717) is 25.4 Å². The van der Waals surface area contributed by atoms with Crippen LogP contribution in [0.1, 0.15) is 46.0 Å². The van der Waals surface area contributed by atoms with E-state index in [9.17, 15) is 13.8 Å². The Morgan fingerprint density at radius 3 is 2.38 bits per heavy atom. The molecule has 0 aromatic carbocycles. The minimum absolute atomic E-state index is 0.0702. The zero-order valence-corrected chi connectivity index (χ0v) is 14.0. The SMILES string of the molecule is CCCC(CCNC(=O)NCC(C)S(C)=O)CCC(=O)O. The van der Waals surface area contributed by atoms with Gasteiger partial charge in [-0.25, -0.2) is 4.79 Å². The monoisotopic (exact) mass is 320 g/mol. The number of amides is 2. The first-order chi connectivity index (χ1) is 9.86. The van der Waals surface area contributed by atoms with Gasteiger partial charge in [-0.1, -0.05) is 19.8 Å². The van der Waals surface area contributed by atoms with Gasteiger partial charge in [0.1, 0.15) is 0 Å². The lowest BCUT2D eigenvalue weighted by Gasteiger charge is -2.16. The molecule has 0 aliphatic carbocycles. The molecule has 0 heterocycles. The van der Waals surface area contributed by atoms with E-state index in [1.54, 1.807) is 6.26 Å². The number of rotatable bonds is 11. The number of hydrogen-bond donors (Lipinski definition) is 3. The van der Waals surface area contributed by atoms with E-state index >= 15 is 0 Å². The van der Waals surface area contributed by atoms with E-state index in [1.807, 2.05) is 6.92 Å². The van der Waals surface area contributed by atoms with Crippen molar-refractivity contribution in [1.82, 2.24) is 10.6 Å². The molecule has 3 unspecified atom stereocenters. The van der Waals surface area contributed by atoms with Gasteiger partial charge in [0.15, 0.2) is 0 Å². The zero-order chi connectivity index (χ0) is 16.3. The van der Waals surface area contributed by atoms with Crippen molar-refractivity contribution >= 4 is 22.8 Å². The van der Waals surface area contributed by atoms with E-state index in [1.165, 1.54) is 0 Å². The van der Waals surface area contributed by atoms with Crippen LogP contribution in [0, 0.1) is 5.92 Å². The average molecular weight is 320 g/mol. The third kappa shape index (κ3) is 11.2. The fraction of sp³-hybridized carbons (Fsp3) is 0.857. The van der Waals surface area contributed by atoms with Crippen LogP contribution in [0.3, 0.4) is 0 Å². The van der Waals surface area contributed by atoms with Gasteiger partial charge >= 0.3 is 12.0 Å². The van der Waals surface area contributed by atoms with Gasteiger partial charge in [-0.2, -0.15) is 0 Å². The quantitative estimate of drug-likeness (QED) is 0.540. The van der Waals surface area contributed by atoms with Gasteiger partial charge in [0.25, 0.3) is 0 Å². The molecule has 0 aromatic rings. The lowest BCUT2D eigenvalue weighted by Crippen LogP contribution is -2.40. The summed E-state index contributed by atoms with van der Waals surface area (Å²) in [5.41, 5.74) is 0. The summed E-state index contributed by atoms with van der Waals surface area (Å²) in [6, 6.07) is -0.263. The van der Waals surface area contributed by atoms with E-state index < -0.39 is 16.8 Å². The van der Waals surface area contributed by atoms with Gasteiger partial charge in [-0.3, -0.25) is 9.00 Å². The van der Waals surface area contributed by atoms with Crippen molar-refractivity contribution in [2.75, 3.05) is 19.3 Å². The summed E-state index contributed by atoms with van der Waals surface area (Å²) in [5.74, 6) is -0.447. The highest BCUT2D eigenvalue weighted by atomic mass is 32.2. The Labute approximate surface area is 129 Å². The van der Waals surface area contributed by atoms with Gasteiger partial charge in [0, 0.05) is 41.8 Å². The van der Waals surface area contributed by atoms with Crippen molar-refractivity contribution < 1.29 is 18.9 Å². The van der Waals surface area contributed by atoms with E-state index in [4.69, 9.17) is 5.11 Å². The van der Waals surface area contributed by atoms with Crippen LogP contribution in [-0.4, -0.2) is 45.9 Å². The Morgan fingerprint density at radius 1 is 1.19 bits per heavy atom. The normalized spacial score (nSPS) is 15.0. The number of carboxylic acids is 1. The second kappa shape index (κ2) is 11.5. The molecule has 0 saturated heterocycles. The third-order valence-corrected chi connectivity index (χ3v) is 4.72. The molecule has 0 saturated carbocycles. The molecule has 124 valence electrons. The number of urea groups is 1. The fourth-order valence-electron chi connectivity index (χ4n) is 1.97. The highest BCUT2D eigenvalue weighted by molar-refractivity contribution is 7.84. The Bertz CT molecular complexity index is 350. The predicted octanol–water partition coefficient (Wildman–Crippen LogP) is 1.72. The number of carbonyl (C=O) groups excluding carboxylic acids is 1. The number of nitrogens with one attached hydrogen (secondary N) is 2. The average Bonchev–Trinajstić information content (AvgIpc) is 2.41. The highest BCUT2D eigenvalue weighted by Gasteiger charge is 2.11. The van der Waals surface area contributed by atoms with Gasteiger partial charge in [0.2, 0.25) is 0 Å². The molecule has 3 atom stereocenters. The van der Waals surface area contributed by atoms with E-state index in [2.05, 4.69) is 17.6 Å². The molecular formula is C14H28N2O4S. The summed E-state index contributed by atoms with van der Waals surface area (Å²) in [6.45, 7) is 4.80. The molecule has 3 N–H and O–H groups in total.